The van der Waals surface area contributed by atoms with E-state index in [0.717, 1.165) is 5.65 Å². The first-order chi connectivity index (χ1) is 12.5. The van der Waals surface area contributed by atoms with Crippen LogP contribution in [0.25, 0.3) is 11.2 Å². The third-order valence-corrected chi connectivity index (χ3v) is 3.95. The summed E-state index contributed by atoms with van der Waals surface area (Å²) in [5.41, 5.74) is 2.87. The zero-order valence-electron chi connectivity index (χ0n) is 15.0. The predicted octanol–water partition coefficient (Wildman–Crippen LogP) is 3.01. The molecular formula is C19H21N5O2. The Morgan fingerprint density at radius 1 is 1.12 bits per heavy atom. The summed E-state index contributed by atoms with van der Waals surface area (Å²) in [5, 5.41) is 5.53. The lowest BCUT2D eigenvalue weighted by molar-refractivity contribution is 0.0954. The van der Waals surface area contributed by atoms with Crippen molar-refractivity contribution in [1.82, 2.24) is 19.9 Å². The number of fused-ring (bicyclic) bond motifs is 1. The van der Waals surface area contributed by atoms with E-state index in [1.165, 1.54) is 6.20 Å². The van der Waals surface area contributed by atoms with Gasteiger partial charge in [-0.25, -0.2) is 9.97 Å². The van der Waals surface area contributed by atoms with Crippen molar-refractivity contribution in [3.8, 4) is 0 Å². The van der Waals surface area contributed by atoms with Gasteiger partial charge >= 0.3 is 0 Å². The van der Waals surface area contributed by atoms with Gasteiger partial charge in [-0.1, -0.05) is 6.07 Å². The summed E-state index contributed by atoms with van der Waals surface area (Å²) in [6.45, 7) is 6.49. The highest BCUT2D eigenvalue weighted by molar-refractivity contribution is 6.06. The average molecular weight is 351 g/mol. The van der Waals surface area contributed by atoms with Crippen LogP contribution in [-0.2, 0) is 0 Å². The molecule has 26 heavy (non-hydrogen) atoms. The minimum absolute atomic E-state index is 0.175. The molecular weight excluding hydrogens is 330 g/mol. The second kappa shape index (κ2) is 7.35. The Morgan fingerprint density at radius 2 is 1.92 bits per heavy atom. The summed E-state index contributed by atoms with van der Waals surface area (Å²) in [4.78, 5) is 33.1. The van der Waals surface area contributed by atoms with Crippen LogP contribution in [0.2, 0.25) is 0 Å². The number of carbonyl (C=O) groups is 2. The van der Waals surface area contributed by atoms with Crippen LogP contribution in [0.3, 0.4) is 0 Å². The summed E-state index contributed by atoms with van der Waals surface area (Å²) in [6.07, 6.45) is 3.26. The maximum absolute atomic E-state index is 12.5. The van der Waals surface area contributed by atoms with Crippen LogP contribution in [0.5, 0.6) is 0 Å². The first-order valence-corrected chi connectivity index (χ1v) is 8.51. The monoisotopic (exact) mass is 351 g/mol. The largest absolute Gasteiger partial charge is 0.352 e. The lowest BCUT2D eigenvalue weighted by Crippen LogP contribution is -2.22. The first kappa shape index (κ1) is 17.6. The van der Waals surface area contributed by atoms with E-state index >= 15 is 0 Å². The van der Waals surface area contributed by atoms with Gasteiger partial charge in [0.25, 0.3) is 11.8 Å². The van der Waals surface area contributed by atoms with E-state index in [1.807, 2.05) is 25.3 Å². The van der Waals surface area contributed by atoms with Crippen LogP contribution in [0.4, 0.5) is 5.69 Å². The number of rotatable bonds is 5. The normalized spacial score (nSPS) is 10.9. The smallest absolute Gasteiger partial charge is 0.257 e. The second-order valence-electron chi connectivity index (χ2n) is 6.21. The minimum atomic E-state index is -0.299. The third-order valence-electron chi connectivity index (χ3n) is 3.95. The Labute approximate surface area is 151 Å². The van der Waals surface area contributed by atoms with E-state index in [9.17, 15) is 9.59 Å². The predicted molar refractivity (Wildman–Crippen MR) is 100 cm³/mol. The van der Waals surface area contributed by atoms with Gasteiger partial charge in [0.1, 0.15) is 5.52 Å². The average Bonchev–Trinajstić information content (AvgIpc) is 3.05. The number of hydrogen-bond donors (Lipinski definition) is 2. The number of aromatic nitrogens is 3. The van der Waals surface area contributed by atoms with Crippen LogP contribution in [0.15, 0.2) is 42.9 Å². The Hall–Kier alpha value is -3.22. The van der Waals surface area contributed by atoms with Gasteiger partial charge in [-0.15, -0.1) is 0 Å². The van der Waals surface area contributed by atoms with Crippen molar-refractivity contribution in [2.45, 2.75) is 26.8 Å². The fourth-order valence-corrected chi connectivity index (χ4v) is 2.63. The molecule has 0 atom stereocenters. The van der Waals surface area contributed by atoms with Gasteiger partial charge in [0.15, 0.2) is 5.65 Å². The Balaban J connectivity index is 1.81. The number of carbonyl (C=O) groups excluding carboxylic acids is 2. The molecule has 0 aliphatic carbocycles. The van der Waals surface area contributed by atoms with Gasteiger partial charge in [0, 0.05) is 30.0 Å². The molecule has 7 nitrogen and oxygen atoms in total. The highest BCUT2D eigenvalue weighted by atomic mass is 16.2. The van der Waals surface area contributed by atoms with E-state index in [4.69, 9.17) is 0 Å². The molecule has 2 N–H and O–H groups in total. The third kappa shape index (κ3) is 3.56. The maximum Gasteiger partial charge on any atom is 0.257 e. The lowest BCUT2D eigenvalue weighted by atomic mass is 10.1. The number of nitrogens with zero attached hydrogens (tertiary/aromatic N) is 3. The van der Waals surface area contributed by atoms with Gasteiger partial charge in [0.2, 0.25) is 0 Å². The summed E-state index contributed by atoms with van der Waals surface area (Å²) >= 11 is 0. The summed E-state index contributed by atoms with van der Waals surface area (Å²) in [5.74, 6) is -0.475. The number of pyridine rings is 1. The number of anilines is 1. The highest BCUT2D eigenvalue weighted by Crippen LogP contribution is 2.18. The second-order valence-corrected chi connectivity index (χ2v) is 6.21. The van der Waals surface area contributed by atoms with Crippen LogP contribution in [0.1, 0.15) is 47.5 Å². The molecule has 3 rings (SSSR count). The summed E-state index contributed by atoms with van der Waals surface area (Å²) in [7, 11) is 0. The van der Waals surface area contributed by atoms with Crippen LogP contribution in [0, 0.1) is 0 Å². The molecule has 2 aromatic heterocycles. The van der Waals surface area contributed by atoms with E-state index in [0.29, 0.717) is 28.9 Å². The highest BCUT2D eigenvalue weighted by Gasteiger charge is 2.13. The van der Waals surface area contributed by atoms with Crippen molar-refractivity contribution in [3.05, 3.63) is 54.0 Å². The van der Waals surface area contributed by atoms with E-state index < -0.39 is 0 Å². The van der Waals surface area contributed by atoms with Crippen molar-refractivity contribution in [2.24, 2.45) is 0 Å². The molecule has 1 aromatic carbocycles. The molecule has 3 aromatic rings. The molecule has 0 spiro atoms. The Kier molecular flexibility index (Phi) is 4.97. The molecule has 0 saturated heterocycles. The maximum atomic E-state index is 12.5. The zero-order chi connectivity index (χ0) is 18.7. The molecule has 134 valence electrons. The molecule has 2 amide bonds. The van der Waals surface area contributed by atoms with Gasteiger partial charge in [-0.3, -0.25) is 9.59 Å². The zero-order valence-corrected chi connectivity index (χ0v) is 15.0. The molecule has 0 unspecified atom stereocenters. The van der Waals surface area contributed by atoms with Crippen LogP contribution < -0.4 is 10.6 Å². The SMILES string of the molecule is CCNC(=O)c1cccc(NC(=O)c2cnc3c(c2)ncn3C(C)C)c1. The number of amides is 2. The fraction of sp³-hybridized carbons (Fsp3) is 0.263. The van der Waals surface area contributed by atoms with Crippen molar-refractivity contribution in [1.29, 1.82) is 0 Å². The minimum Gasteiger partial charge on any atom is -0.352 e. The molecule has 0 aliphatic heterocycles. The lowest BCUT2D eigenvalue weighted by Gasteiger charge is -2.09. The topological polar surface area (TPSA) is 88.9 Å². The molecule has 2 heterocycles. The number of hydrogen-bond acceptors (Lipinski definition) is 4. The molecule has 0 saturated carbocycles. The summed E-state index contributed by atoms with van der Waals surface area (Å²) in [6, 6.07) is 8.76. The molecule has 0 radical (unpaired) electrons. The Bertz CT molecular complexity index is 961. The standard InChI is InChI=1S/C19H21N5O2/c1-4-20-18(25)13-6-5-7-15(8-13)23-19(26)14-9-16-17(21-10-14)24(11-22-16)12(2)3/h5-12H,4H2,1-3H3,(H,20,25)(H,23,26). The number of nitrogens with one attached hydrogen (secondary N) is 2. The number of imidazole rings is 1. The summed E-state index contributed by atoms with van der Waals surface area (Å²) < 4.78 is 1.95. The van der Waals surface area contributed by atoms with Crippen molar-refractivity contribution >= 4 is 28.7 Å². The van der Waals surface area contributed by atoms with Crippen LogP contribution in [-0.4, -0.2) is 32.9 Å². The molecule has 0 aliphatic rings. The van der Waals surface area contributed by atoms with E-state index in [2.05, 4.69) is 20.6 Å². The Morgan fingerprint density at radius 3 is 2.65 bits per heavy atom. The fourth-order valence-electron chi connectivity index (χ4n) is 2.63. The van der Waals surface area contributed by atoms with Gasteiger partial charge in [-0.05, 0) is 45.0 Å². The van der Waals surface area contributed by atoms with E-state index in [-0.39, 0.29) is 17.9 Å². The van der Waals surface area contributed by atoms with Crippen molar-refractivity contribution in [3.63, 3.8) is 0 Å². The quantitative estimate of drug-likeness (QED) is 0.739. The van der Waals surface area contributed by atoms with Gasteiger partial charge in [-0.2, -0.15) is 0 Å². The first-order valence-electron chi connectivity index (χ1n) is 8.51. The number of benzene rings is 1. The molecule has 0 bridgehead atoms. The molecule has 7 heteroatoms. The van der Waals surface area contributed by atoms with Gasteiger partial charge in [0.05, 0.1) is 11.9 Å². The van der Waals surface area contributed by atoms with Crippen molar-refractivity contribution in [2.75, 3.05) is 11.9 Å². The van der Waals surface area contributed by atoms with Gasteiger partial charge < -0.3 is 15.2 Å². The van der Waals surface area contributed by atoms with Crippen molar-refractivity contribution < 1.29 is 9.59 Å². The molecule has 0 fully saturated rings. The van der Waals surface area contributed by atoms with E-state index in [1.54, 1.807) is 36.7 Å². The van der Waals surface area contributed by atoms with Crippen LogP contribution >= 0.6 is 0 Å².